The molecule has 0 spiro atoms. The van der Waals surface area contributed by atoms with E-state index in [0.29, 0.717) is 19.4 Å². The highest BCUT2D eigenvalue weighted by Crippen LogP contribution is 2.15. The van der Waals surface area contributed by atoms with Gasteiger partial charge in [-0.2, -0.15) is 0 Å². The summed E-state index contributed by atoms with van der Waals surface area (Å²) in [4.78, 5) is 25.5. The maximum atomic E-state index is 12.9. The van der Waals surface area contributed by atoms with Gasteiger partial charge in [-0.3, -0.25) is 9.59 Å². The van der Waals surface area contributed by atoms with Crippen molar-refractivity contribution in [1.29, 1.82) is 0 Å². The van der Waals surface area contributed by atoms with Crippen LogP contribution in [-0.2, 0) is 23.8 Å². The van der Waals surface area contributed by atoms with E-state index in [1.165, 1.54) is 161 Å². The number of rotatable bonds is 54. The summed E-state index contributed by atoms with van der Waals surface area (Å²) in [6.45, 7) is 7.63. The standard InChI is InChI=1S/C65H112O5/c1-4-7-10-13-16-19-22-25-28-31-33-35-37-40-43-46-49-52-55-58-64(66)69-62-63(61-68-60-57-54-51-48-45-42-39-36-32-29-26-23-20-17-14-11-8-5-2)70-65(67)59-56-53-50-47-44-41-38-34-30-27-24-21-18-15-12-9-6-3/h9,12,17-18,20-21,25-30,38,41,47,50,63H,4-8,10-11,13-16,19,22-24,31-37,39-40,42-46,48-49,51-62H2,1-3H3/b12-9-,20-17-,21-18-,28-25-,29-26-,30-27-,41-38-,50-47-. The molecule has 1 atom stereocenters. The van der Waals surface area contributed by atoms with E-state index in [1.807, 2.05) is 0 Å². The van der Waals surface area contributed by atoms with E-state index in [4.69, 9.17) is 14.2 Å². The van der Waals surface area contributed by atoms with Crippen molar-refractivity contribution in [3.8, 4) is 0 Å². The Hall–Kier alpha value is -3.18. The van der Waals surface area contributed by atoms with Crippen LogP contribution in [-0.4, -0.2) is 37.9 Å². The molecule has 0 bridgehead atoms. The quantitative estimate of drug-likeness (QED) is 0.0345. The minimum Gasteiger partial charge on any atom is -0.462 e. The summed E-state index contributed by atoms with van der Waals surface area (Å²) >= 11 is 0. The largest absolute Gasteiger partial charge is 0.462 e. The van der Waals surface area contributed by atoms with Gasteiger partial charge in [0.05, 0.1) is 6.61 Å². The highest BCUT2D eigenvalue weighted by atomic mass is 16.6. The molecule has 5 heteroatoms. The molecule has 70 heavy (non-hydrogen) atoms. The van der Waals surface area contributed by atoms with Crippen LogP contribution in [0.25, 0.3) is 0 Å². The first-order chi connectivity index (χ1) is 34.6. The van der Waals surface area contributed by atoms with Gasteiger partial charge in [0.2, 0.25) is 0 Å². The Labute approximate surface area is 434 Å². The highest BCUT2D eigenvalue weighted by Gasteiger charge is 2.17. The molecule has 0 aliphatic carbocycles. The minimum atomic E-state index is -0.576. The predicted molar refractivity (Wildman–Crippen MR) is 306 cm³/mol. The van der Waals surface area contributed by atoms with Crippen molar-refractivity contribution in [3.05, 3.63) is 97.2 Å². The zero-order chi connectivity index (χ0) is 50.6. The highest BCUT2D eigenvalue weighted by molar-refractivity contribution is 5.70. The molecule has 0 heterocycles. The van der Waals surface area contributed by atoms with Crippen molar-refractivity contribution in [3.63, 3.8) is 0 Å². The summed E-state index contributed by atoms with van der Waals surface area (Å²) in [5.41, 5.74) is 0. The van der Waals surface area contributed by atoms with Crippen LogP contribution in [0.15, 0.2) is 97.2 Å². The van der Waals surface area contributed by atoms with Gasteiger partial charge in [-0.15, -0.1) is 0 Å². The Bertz CT molecular complexity index is 1330. The minimum absolute atomic E-state index is 0.0558. The number of carbonyl (C=O) groups is 2. The van der Waals surface area contributed by atoms with Crippen LogP contribution in [0.5, 0.6) is 0 Å². The maximum Gasteiger partial charge on any atom is 0.306 e. The molecule has 0 saturated heterocycles. The number of allylic oxidation sites excluding steroid dienone is 16. The summed E-state index contributed by atoms with van der Waals surface area (Å²) in [7, 11) is 0. The second-order valence-corrected chi connectivity index (χ2v) is 19.5. The van der Waals surface area contributed by atoms with Gasteiger partial charge in [0.1, 0.15) is 6.61 Å². The lowest BCUT2D eigenvalue weighted by Gasteiger charge is -2.18. The molecular formula is C65H112O5. The van der Waals surface area contributed by atoms with Crippen LogP contribution >= 0.6 is 0 Å². The first-order valence-corrected chi connectivity index (χ1v) is 29.8. The number of carbonyl (C=O) groups excluding carboxylic acids is 2. The van der Waals surface area contributed by atoms with Crippen LogP contribution in [0, 0.1) is 0 Å². The van der Waals surface area contributed by atoms with E-state index in [0.717, 1.165) is 83.5 Å². The molecule has 402 valence electrons. The van der Waals surface area contributed by atoms with E-state index in [-0.39, 0.29) is 25.2 Å². The second kappa shape index (κ2) is 60.1. The molecule has 0 fully saturated rings. The van der Waals surface area contributed by atoms with Gasteiger partial charge in [0, 0.05) is 19.4 Å². The summed E-state index contributed by atoms with van der Waals surface area (Å²) in [5.74, 6) is -0.466. The van der Waals surface area contributed by atoms with Crippen LogP contribution in [0.2, 0.25) is 0 Å². The van der Waals surface area contributed by atoms with Gasteiger partial charge in [-0.25, -0.2) is 0 Å². The Kier molecular flexibility index (Phi) is 57.4. The van der Waals surface area contributed by atoms with E-state index in [2.05, 4.69) is 118 Å². The van der Waals surface area contributed by atoms with E-state index < -0.39 is 6.10 Å². The third-order valence-electron chi connectivity index (χ3n) is 12.6. The van der Waals surface area contributed by atoms with Crippen LogP contribution < -0.4 is 0 Å². The lowest BCUT2D eigenvalue weighted by molar-refractivity contribution is -0.162. The molecule has 0 aliphatic heterocycles. The molecule has 0 N–H and O–H groups in total. The molecule has 0 aromatic heterocycles. The summed E-state index contributed by atoms with van der Waals surface area (Å²) in [5, 5.41) is 0. The first-order valence-electron chi connectivity index (χ1n) is 29.8. The molecule has 0 aliphatic rings. The Morgan fingerprint density at radius 1 is 0.329 bits per heavy atom. The zero-order valence-corrected chi connectivity index (χ0v) is 46.3. The molecular weight excluding hydrogens is 861 g/mol. The van der Waals surface area contributed by atoms with Crippen molar-refractivity contribution in [2.24, 2.45) is 0 Å². The van der Waals surface area contributed by atoms with Gasteiger partial charge in [0.15, 0.2) is 6.10 Å². The van der Waals surface area contributed by atoms with Gasteiger partial charge in [-0.05, 0) is 116 Å². The lowest BCUT2D eigenvalue weighted by Crippen LogP contribution is -2.30. The third kappa shape index (κ3) is 57.4. The third-order valence-corrected chi connectivity index (χ3v) is 12.6. The van der Waals surface area contributed by atoms with Gasteiger partial charge >= 0.3 is 11.9 Å². The topological polar surface area (TPSA) is 61.8 Å². The number of hydrogen-bond acceptors (Lipinski definition) is 5. The van der Waals surface area contributed by atoms with Gasteiger partial charge < -0.3 is 14.2 Å². The summed E-state index contributed by atoms with van der Waals surface area (Å²) < 4.78 is 17.4. The van der Waals surface area contributed by atoms with Crippen LogP contribution in [0.4, 0.5) is 0 Å². The SMILES string of the molecule is CC/C=C\C/C=C\C/C=C\C/C=C\C/C=C\CCCC(=O)OC(COCCCCCCCCCC/C=C\C/C=C\CCCCC)COC(=O)CCCCCCCCCCC/C=C\CCCCCCCC. The van der Waals surface area contributed by atoms with Gasteiger partial charge in [0.25, 0.3) is 0 Å². The monoisotopic (exact) mass is 973 g/mol. The van der Waals surface area contributed by atoms with Crippen molar-refractivity contribution >= 4 is 11.9 Å². The van der Waals surface area contributed by atoms with Gasteiger partial charge in [-0.1, -0.05) is 246 Å². The molecule has 1 unspecified atom stereocenters. The Morgan fingerprint density at radius 2 is 0.657 bits per heavy atom. The number of hydrogen-bond donors (Lipinski definition) is 0. The lowest BCUT2D eigenvalue weighted by atomic mass is 10.1. The Morgan fingerprint density at radius 3 is 1.11 bits per heavy atom. The van der Waals surface area contributed by atoms with E-state index in [1.54, 1.807) is 0 Å². The maximum absolute atomic E-state index is 12.9. The molecule has 0 saturated carbocycles. The molecule has 0 aromatic carbocycles. The zero-order valence-electron chi connectivity index (χ0n) is 46.3. The predicted octanol–water partition coefficient (Wildman–Crippen LogP) is 20.6. The van der Waals surface area contributed by atoms with E-state index in [9.17, 15) is 9.59 Å². The van der Waals surface area contributed by atoms with Crippen molar-refractivity contribution < 1.29 is 23.8 Å². The fourth-order valence-electron chi connectivity index (χ4n) is 8.16. The normalized spacial score (nSPS) is 12.9. The van der Waals surface area contributed by atoms with Crippen molar-refractivity contribution in [2.45, 2.75) is 284 Å². The Balaban J connectivity index is 4.37. The first kappa shape index (κ1) is 66.8. The van der Waals surface area contributed by atoms with Crippen LogP contribution in [0.1, 0.15) is 278 Å². The van der Waals surface area contributed by atoms with Crippen molar-refractivity contribution in [2.75, 3.05) is 19.8 Å². The average Bonchev–Trinajstić information content (AvgIpc) is 3.36. The molecule has 0 aromatic rings. The number of esters is 2. The smallest absolute Gasteiger partial charge is 0.306 e. The van der Waals surface area contributed by atoms with Crippen LogP contribution in [0.3, 0.4) is 0 Å². The molecule has 0 amide bonds. The molecule has 0 rings (SSSR count). The summed E-state index contributed by atoms with van der Waals surface area (Å²) in [6, 6.07) is 0. The average molecular weight is 974 g/mol. The van der Waals surface area contributed by atoms with Crippen molar-refractivity contribution in [1.82, 2.24) is 0 Å². The fourth-order valence-corrected chi connectivity index (χ4v) is 8.16. The number of unbranched alkanes of at least 4 members (excludes halogenated alkanes) is 27. The fraction of sp³-hybridized carbons (Fsp3) is 0.723. The second-order valence-electron chi connectivity index (χ2n) is 19.5. The number of ether oxygens (including phenoxy) is 3. The molecule has 0 radical (unpaired) electrons. The molecule has 5 nitrogen and oxygen atoms in total. The van der Waals surface area contributed by atoms with E-state index >= 15 is 0 Å². The summed E-state index contributed by atoms with van der Waals surface area (Å²) in [6.07, 6.45) is 81.5.